The van der Waals surface area contributed by atoms with Crippen LogP contribution in [0.25, 0.3) is 0 Å². The molecule has 0 aliphatic heterocycles. The summed E-state index contributed by atoms with van der Waals surface area (Å²) in [4.78, 5) is 8.70. The zero-order chi connectivity index (χ0) is 12.4. The van der Waals surface area contributed by atoms with Gasteiger partial charge in [-0.3, -0.25) is 0 Å². The van der Waals surface area contributed by atoms with Crippen molar-refractivity contribution in [3.8, 4) is 5.88 Å². The summed E-state index contributed by atoms with van der Waals surface area (Å²) in [7, 11) is 2.02. The molecule has 3 rings (SSSR count). The standard InChI is InChI=1S/C14H21N3O/c1-15-12-6-2-3-8-13(12)18-14-10-5-4-7-11(10)16-9-17-14/h9,12-13,15H,2-8H2,1H3. The average Bonchev–Trinajstić information content (AvgIpc) is 2.89. The summed E-state index contributed by atoms with van der Waals surface area (Å²) in [5.74, 6) is 0.838. The van der Waals surface area contributed by atoms with Crippen LogP contribution in [0.2, 0.25) is 0 Å². The van der Waals surface area contributed by atoms with Gasteiger partial charge < -0.3 is 10.1 Å². The summed E-state index contributed by atoms with van der Waals surface area (Å²) in [6.07, 6.45) is 10.1. The summed E-state index contributed by atoms with van der Waals surface area (Å²) in [5, 5.41) is 3.37. The lowest BCUT2D eigenvalue weighted by molar-refractivity contribution is 0.111. The molecule has 2 unspecified atom stereocenters. The van der Waals surface area contributed by atoms with Gasteiger partial charge in [-0.2, -0.15) is 0 Å². The zero-order valence-corrected chi connectivity index (χ0v) is 11.0. The van der Waals surface area contributed by atoms with Crippen molar-refractivity contribution in [2.75, 3.05) is 7.05 Å². The van der Waals surface area contributed by atoms with Crippen molar-refractivity contribution < 1.29 is 4.74 Å². The first-order valence-corrected chi connectivity index (χ1v) is 7.05. The molecule has 18 heavy (non-hydrogen) atoms. The quantitative estimate of drug-likeness (QED) is 0.886. The first kappa shape index (κ1) is 11.9. The topological polar surface area (TPSA) is 47.0 Å². The lowest BCUT2D eigenvalue weighted by atomic mass is 9.92. The maximum Gasteiger partial charge on any atom is 0.220 e. The largest absolute Gasteiger partial charge is 0.472 e. The van der Waals surface area contributed by atoms with Crippen LogP contribution in [0.1, 0.15) is 43.4 Å². The second-order valence-corrected chi connectivity index (χ2v) is 5.29. The van der Waals surface area contributed by atoms with Crippen molar-refractivity contribution >= 4 is 0 Å². The maximum atomic E-state index is 6.19. The van der Waals surface area contributed by atoms with Crippen molar-refractivity contribution in [3.05, 3.63) is 17.6 Å². The molecule has 4 nitrogen and oxygen atoms in total. The molecule has 2 aliphatic rings. The van der Waals surface area contributed by atoms with E-state index in [1.54, 1.807) is 6.33 Å². The Balaban J connectivity index is 1.77. The Morgan fingerprint density at radius 1 is 1.17 bits per heavy atom. The number of aryl methyl sites for hydroxylation is 1. The van der Waals surface area contributed by atoms with Crippen molar-refractivity contribution in [1.29, 1.82) is 0 Å². The van der Waals surface area contributed by atoms with Gasteiger partial charge in [-0.25, -0.2) is 9.97 Å². The highest BCUT2D eigenvalue weighted by molar-refractivity contribution is 5.33. The summed E-state index contributed by atoms with van der Waals surface area (Å²) >= 11 is 0. The van der Waals surface area contributed by atoms with Gasteiger partial charge >= 0.3 is 0 Å². The first-order chi connectivity index (χ1) is 8.88. The maximum absolute atomic E-state index is 6.19. The second kappa shape index (κ2) is 5.22. The fraction of sp³-hybridized carbons (Fsp3) is 0.714. The summed E-state index contributed by atoms with van der Waals surface area (Å²) in [6, 6.07) is 0.464. The first-order valence-electron chi connectivity index (χ1n) is 7.05. The van der Waals surface area contributed by atoms with E-state index < -0.39 is 0 Å². The van der Waals surface area contributed by atoms with Gasteiger partial charge in [-0.05, 0) is 45.6 Å². The molecule has 0 saturated heterocycles. The molecule has 1 aromatic heterocycles. The van der Waals surface area contributed by atoms with E-state index in [2.05, 4.69) is 15.3 Å². The van der Waals surface area contributed by atoms with Crippen LogP contribution < -0.4 is 10.1 Å². The molecule has 1 fully saturated rings. The Kier molecular flexibility index (Phi) is 3.46. The smallest absolute Gasteiger partial charge is 0.220 e. The van der Waals surface area contributed by atoms with Crippen LogP contribution in [0.5, 0.6) is 5.88 Å². The number of hydrogen-bond donors (Lipinski definition) is 1. The Hall–Kier alpha value is -1.16. The predicted molar refractivity (Wildman–Crippen MR) is 69.8 cm³/mol. The van der Waals surface area contributed by atoms with Gasteiger partial charge in [0, 0.05) is 11.6 Å². The summed E-state index contributed by atoms with van der Waals surface area (Å²) < 4.78 is 6.19. The van der Waals surface area contributed by atoms with Gasteiger partial charge in [0.25, 0.3) is 0 Å². The van der Waals surface area contributed by atoms with E-state index in [9.17, 15) is 0 Å². The third-order valence-corrected chi connectivity index (χ3v) is 4.17. The lowest BCUT2D eigenvalue weighted by Crippen LogP contribution is -2.43. The number of nitrogens with one attached hydrogen (secondary N) is 1. The fourth-order valence-corrected chi connectivity index (χ4v) is 3.14. The van der Waals surface area contributed by atoms with E-state index >= 15 is 0 Å². The molecule has 1 N–H and O–H groups in total. The monoisotopic (exact) mass is 247 g/mol. The van der Waals surface area contributed by atoms with E-state index in [1.807, 2.05) is 7.05 Å². The fourth-order valence-electron chi connectivity index (χ4n) is 3.14. The molecular weight excluding hydrogens is 226 g/mol. The molecule has 2 aliphatic carbocycles. The number of aromatic nitrogens is 2. The van der Waals surface area contributed by atoms with Gasteiger partial charge in [-0.15, -0.1) is 0 Å². The van der Waals surface area contributed by atoms with Gasteiger partial charge in [0.2, 0.25) is 5.88 Å². The molecule has 2 atom stereocenters. The normalized spacial score (nSPS) is 26.9. The highest BCUT2D eigenvalue weighted by Gasteiger charge is 2.27. The Morgan fingerprint density at radius 2 is 2.06 bits per heavy atom. The van der Waals surface area contributed by atoms with Gasteiger partial charge in [0.15, 0.2) is 0 Å². The SMILES string of the molecule is CNC1CCCCC1Oc1ncnc2c1CCC2. The Bertz CT molecular complexity index is 422. The zero-order valence-electron chi connectivity index (χ0n) is 11.0. The van der Waals surface area contributed by atoms with Crippen LogP contribution >= 0.6 is 0 Å². The molecule has 98 valence electrons. The van der Waals surface area contributed by atoms with E-state index in [0.29, 0.717) is 6.04 Å². The number of hydrogen-bond acceptors (Lipinski definition) is 4. The third kappa shape index (κ3) is 2.21. The van der Waals surface area contributed by atoms with Crippen LogP contribution in [0.3, 0.4) is 0 Å². The van der Waals surface area contributed by atoms with Crippen molar-refractivity contribution in [3.63, 3.8) is 0 Å². The van der Waals surface area contributed by atoms with Gasteiger partial charge in [0.05, 0.1) is 5.69 Å². The molecule has 0 radical (unpaired) electrons. The van der Waals surface area contributed by atoms with E-state index in [0.717, 1.165) is 25.1 Å². The minimum absolute atomic E-state index is 0.267. The van der Waals surface area contributed by atoms with E-state index in [4.69, 9.17) is 4.74 Å². The van der Waals surface area contributed by atoms with Crippen LogP contribution in [-0.2, 0) is 12.8 Å². The average molecular weight is 247 g/mol. The number of fused-ring (bicyclic) bond motifs is 1. The van der Waals surface area contributed by atoms with Crippen LogP contribution in [0.4, 0.5) is 0 Å². The molecule has 1 aromatic rings. The molecule has 4 heteroatoms. The van der Waals surface area contributed by atoms with Gasteiger partial charge in [-0.1, -0.05) is 6.42 Å². The summed E-state index contributed by atoms with van der Waals surface area (Å²) in [6.45, 7) is 0. The minimum atomic E-state index is 0.267. The number of likely N-dealkylation sites (N-methyl/N-ethyl adjacent to an activating group) is 1. The number of rotatable bonds is 3. The van der Waals surface area contributed by atoms with Crippen LogP contribution in [-0.4, -0.2) is 29.2 Å². The molecule has 0 aromatic carbocycles. The second-order valence-electron chi connectivity index (χ2n) is 5.29. The van der Waals surface area contributed by atoms with Crippen molar-refractivity contribution in [2.45, 2.75) is 57.1 Å². The lowest BCUT2D eigenvalue weighted by Gasteiger charge is -2.31. The number of nitrogens with zero attached hydrogens (tertiary/aromatic N) is 2. The highest BCUT2D eigenvalue weighted by Crippen LogP contribution is 2.30. The summed E-state index contributed by atoms with van der Waals surface area (Å²) in [5.41, 5.74) is 2.44. The Morgan fingerprint density at radius 3 is 2.94 bits per heavy atom. The van der Waals surface area contributed by atoms with Crippen molar-refractivity contribution in [1.82, 2.24) is 15.3 Å². The van der Waals surface area contributed by atoms with E-state index in [-0.39, 0.29) is 6.10 Å². The van der Waals surface area contributed by atoms with E-state index in [1.165, 1.54) is 36.9 Å². The Labute approximate surface area is 108 Å². The molecule has 1 saturated carbocycles. The van der Waals surface area contributed by atoms with Crippen LogP contribution in [0, 0.1) is 0 Å². The van der Waals surface area contributed by atoms with Crippen LogP contribution in [0.15, 0.2) is 6.33 Å². The van der Waals surface area contributed by atoms with Gasteiger partial charge in [0.1, 0.15) is 12.4 Å². The third-order valence-electron chi connectivity index (χ3n) is 4.17. The minimum Gasteiger partial charge on any atom is -0.472 e. The molecular formula is C14H21N3O. The predicted octanol–water partition coefficient (Wildman–Crippen LogP) is 1.87. The van der Waals surface area contributed by atoms with Crippen molar-refractivity contribution in [2.24, 2.45) is 0 Å². The highest BCUT2D eigenvalue weighted by atomic mass is 16.5. The molecule has 1 heterocycles. The molecule has 0 bridgehead atoms. The molecule has 0 spiro atoms. The molecule has 0 amide bonds. The number of ether oxygens (including phenoxy) is 1.